The second-order valence-corrected chi connectivity index (χ2v) is 5.05. The molecule has 1 N–H and O–H groups in total. The standard InChI is InChI=1S/C15H24N4/c1-4-7-16-15(5-2)14-6-8-19(12-14)11-13-9-17-18(3)10-13/h6,8-10,12,15-16H,4-5,7,11H2,1-3H3. The van der Waals surface area contributed by atoms with Crippen molar-refractivity contribution in [2.24, 2.45) is 7.05 Å². The Morgan fingerprint density at radius 1 is 1.32 bits per heavy atom. The fraction of sp³-hybridized carbons (Fsp3) is 0.533. The number of hydrogen-bond acceptors (Lipinski definition) is 2. The van der Waals surface area contributed by atoms with E-state index in [0.29, 0.717) is 6.04 Å². The molecule has 2 aromatic rings. The zero-order valence-corrected chi connectivity index (χ0v) is 12.1. The zero-order valence-electron chi connectivity index (χ0n) is 12.1. The molecule has 19 heavy (non-hydrogen) atoms. The number of aryl methyl sites for hydroxylation is 1. The normalized spacial score (nSPS) is 12.8. The summed E-state index contributed by atoms with van der Waals surface area (Å²) in [4.78, 5) is 0. The summed E-state index contributed by atoms with van der Waals surface area (Å²) < 4.78 is 4.07. The van der Waals surface area contributed by atoms with Crippen LogP contribution in [-0.4, -0.2) is 20.9 Å². The highest BCUT2D eigenvalue weighted by Crippen LogP contribution is 2.17. The van der Waals surface area contributed by atoms with Crippen LogP contribution in [0.2, 0.25) is 0 Å². The Morgan fingerprint density at radius 3 is 2.79 bits per heavy atom. The molecule has 2 rings (SSSR count). The number of aromatic nitrogens is 3. The first-order valence-corrected chi connectivity index (χ1v) is 7.09. The van der Waals surface area contributed by atoms with Gasteiger partial charge in [-0.2, -0.15) is 5.10 Å². The molecule has 0 aliphatic carbocycles. The first-order chi connectivity index (χ1) is 9.22. The zero-order chi connectivity index (χ0) is 13.7. The van der Waals surface area contributed by atoms with Gasteiger partial charge in [0.05, 0.1) is 12.7 Å². The summed E-state index contributed by atoms with van der Waals surface area (Å²) in [6.07, 6.45) is 10.7. The lowest BCUT2D eigenvalue weighted by atomic mass is 10.1. The van der Waals surface area contributed by atoms with Gasteiger partial charge in [0.1, 0.15) is 0 Å². The summed E-state index contributed by atoms with van der Waals surface area (Å²) in [7, 11) is 1.95. The number of hydrogen-bond donors (Lipinski definition) is 1. The molecular formula is C15H24N4. The van der Waals surface area contributed by atoms with Crippen LogP contribution in [0.3, 0.4) is 0 Å². The molecule has 2 aromatic heterocycles. The van der Waals surface area contributed by atoms with Crippen LogP contribution in [0.15, 0.2) is 30.9 Å². The smallest absolute Gasteiger partial charge is 0.0539 e. The van der Waals surface area contributed by atoms with Crippen LogP contribution < -0.4 is 5.32 Å². The third kappa shape index (κ3) is 3.70. The van der Waals surface area contributed by atoms with E-state index in [9.17, 15) is 0 Å². The SMILES string of the molecule is CCCNC(CC)c1ccn(Cc2cnn(C)c2)c1. The second kappa shape index (κ2) is 6.57. The molecular weight excluding hydrogens is 236 g/mol. The monoisotopic (exact) mass is 260 g/mol. The van der Waals surface area contributed by atoms with Crippen molar-refractivity contribution in [2.75, 3.05) is 6.54 Å². The van der Waals surface area contributed by atoms with Gasteiger partial charge < -0.3 is 9.88 Å². The van der Waals surface area contributed by atoms with E-state index in [4.69, 9.17) is 0 Å². The number of nitrogens with one attached hydrogen (secondary N) is 1. The third-order valence-electron chi connectivity index (χ3n) is 3.35. The van der Waals surface area contributed by atoms with E-state index in [1.54, 1.807) is 0 Å². The minimum absolute atomic E-state index is 0.468. The molecule has 0 amide bonds. The molecule has 1 atom stereocenters. The molecule has 0 spiro atoms. The molecule has 0 saturated carbocycles. The van der Waals surface area contributed by atoms with Crippen molar-refractivity contribution in [3.63, 3.8) is 0 Å². The summed E-state index contributed by atoms with van der Waals surface area (Å²) in [5.41, 5.74) is 2.61. The van der Waals surface area contributed by atoms with Crippen molar-refractivity contribution in [1.29, 1.82) is 0 Å². The van der Waals surface area contributed by atoms with Gasteiger partial charge in [0.15, 0.2) is 0 Å². The van der Waals surface area contributed by atoms with Crippen LogP contribution in [0.25, 0.3) is 0 Å². The molecule has 0 aliphatic rings. The molecule has 4 nitrogen and oxygen atoms in total. The first-order valence-electron chi connectivity index (χ1n) is 7.09. The van der Waals surface area contributed by atoms with E-state index < -0.39 is 0 Å². The van der Waals surface area contributed by atoms with Crippen molar-refractivity contribution in [1.82, 2.24) is 19.7 Å². The van der Waals surface area contributed by atoms with Crippen molar-refractivity contribution >= 4 is 0 Å². The van der Waals surface area contributed by atoms with Crippen LogP contribution in [0, 0.1) is 0 Å². The molecule has 0 saturated heterocycles. The Kier molecular flexibility index (Phi) is 4.80. The minimum Gasteiger partial charge on any atom is -0.349 e. The summed E-state index contributed by atoms with van der Waals surface area (Å²) in [5.74, 6) is 0. The second-order valence-electron chi connectivity index (χ2n) is 5.05. The van der Waals surface area contributed by atoms with Crippen LogP contribution >= 0.6 is 0 Å². The fourth-order valence-electron chi connectivity index (χ4n) is 2.34. The van der Waals surface area contributed by atoms with Gasteiger partial charge in [-0.15, -0.1) is 0 Å². The highest BCUT2D eigenvalue weighted by Gasteiger charge is 2.09. The van der Waals surface area contributed by atoms with Crippen molar-refractivity contribution < 1.29 is 0 Å². The summed E-state index contributed by atoms with van der Waals surface area (Å²) in [6.45, 7) is 6.39. The van der Waals surface area contributed by atoms with E-state index in [1.807, 2.05) is 17.9 Å². The average Bonchev–Trinajstić information content (AvgIpc) is 3.01. The Hall–Kier alpha value is -1.55. The highest BCUT2D eigenvalue weighted by molar-refractivity contribution is 5.17. The van der Waals surface area contributed by atoms with Gasteiger partial charge in [0.2, 0.25) is 0 Å². The van der Waals surface area contributed by atoms with E-state index >= 15 is 0 Å². The molecule has 1 unspecified atom stereocenters. The van der Waals surface area contributed by atoms with Crippen LogP contribution in [-0.2, 0) is 13.6 Å². The van der Waals surface area contributed by atoms with Crippen molar-refractivity contribution in [3.05, 3.63) is 42.0 Å². The molecule has 0 aromatic carbocycles. The van der Waals surface area contributed by atoms with Gasteiger partial charge in [-0.25, -0.2) is 0 Å². The number of rotatable bonds is 7. The van der Waals surface area contributed by atoms with E-state index in [-0.39, 0.29) is 0 Å². The molecule has 0 aliphatic heterocycles. The molecule has 0 bridgehead atoms. The first kappa shape index (κ1) is 13.9. The van der Waals surface area contributed by atoms with E-state index in [0.717, 1.165) is 19.5 Å². The predicted molar refractivity (Wildman–Crippen MR) is 78.1 cm³/mol. The lowest BCUT2D eigenvalue weighted by Crippen LogP contribution is -2.21. The fourth-order valence-corrected chi connectivity index (χ4v) is 2.34. The third-order valence-corrected chi connectivity index (χ3v) is 3.35. The quantitative estimate of drug-likeness (QED) is 0.830. The maximum absolute atomic E-state index is 4.20. The lowest BCUT2D eigenvalue weighted by molar-refractivity contribution is 0.517. The maximum atomic E-state index is 4.20. The Morgan fingerprint density at radius 2 is 2.16 bits per heavy atom. The van der Waals surface area contributed by atoms with Crippen molar-refractivity contribution in [2.45, 2.75) is 39.3 Å². The van der Waals surface area contributed by atoms with Gasteiger partial charge >= 0.3 is 0 Å². The molecule has 2 heterocycles. The topological polar surface area (TPSA) is 34.8 Å². The highest BCUT2D eigenvalue weighted by atomic mass is 15.2. The van der Waals surface area contributed by atoms with Gasteiger partial charge in [0.25, 0.3) is 0 Å². The molecule has 4 heteroatoms. The van der Waals surface area contributed by atoms with Crippen molar-refractivity contribution in [3.8, 4) is 0 Å². The van der Waals surface area contributed by atoms with Crippen LogP contribution in [0.4, 0.5) is 0 Å². The van der Waals surface area contributed by atoms with Gasteiger partial charge in [-0.3, -0.25) is 4.68 Å². The Labute approximate surface area is 115 Å². The average molecular weight is 260 g/mol. The maximum Gasteiger partial charge on any atom is 0.0539 e. The summed E-state index contributed by atoms with van der Waals surface area (Å²) in [5, 5.41) is 7.79. The summed E-state index contributed by atoms with van der Waals surface area (Å²) in [6, 6.07) is 2.68. The van der Waals surface area contributed by atoms with Crippen LogP contribution in [0.1, 0.15) is 43.9 Å². The Balaban J connectivity index is 2.01. The van der Waals surface area contributed by atoms with E-state index in [1.165, 1.54) is 17.5 Å². The van der Waals surface area contributed by atoms with Gasteiger partial charge in [-0.05, 0) is 31.0 Å². The Bertz CT molecular complexity index is 498. The van der Waals surface area contributed by atoms with Gasteiger partial charge in [0, 0.05) is 37.2 Å². The molecule has 0 fully saturated rings. The van der Waals surface area contributed by atoms with Crippen LogP contribution in [0.5, 0.6) is 0 Å². The van der Waals surface area contributed by atoms with Gasteiger partial charge in [-0.1, -0.05) is 13.8 Å². The summed E-state index contributed by atoms with van der Waals surface area (Å²) >= 11 is 0. The molecule has 0 radical (unpaired) electrons. The van der Waals surface area contributed by atoms with E-state index in [2.05, 4.69) is 53.5 Å². The number of nitrogens with zero attached hydrogens (tertiary/aromatic N) is 3. The largest absolute Gasteiger partial charge is 0.349 e. The lowest BCUT2D eigenvalue weighted by Gasteiger charge is -2.15. The molecule has 104 valence electrons. The minimum atomic E-state index is 0.468. The predicted octanol–water partition coefficient (Wildman–Crippen LogP) is 2.72.